The number of amides is 1. The van der Waals surface area contributed by atoms with Gasteiger partial charge in [-0.2, -0.15) is 0 Å². The Morgan fingerprint density at radius 2 is 1.97 bits per heavy atom. The van der Waals surface area contributed by atoms with Crippen LogP contribution < -0.4 is 10.1 Å². The van der Waals surface area contributed by atoms with E-state index in [4.69, 9.17) is 21.1 Å². The van der Waals surface area contributed by atoms with Crippen LogP contribution in [0, 0.1) is 6.92 Å². The molecule has 0 unspecified atom stereocenters. The third kappa shape index (κ3) is 5.15. The molecule has 0 aliphatic carbocycles. The first kappa shape index (κ1) is 20.9. The molecule has 0 saturated heterocycles. The highest BCUT2D eigenvalue weighted by molar-refractivity contribution is 6.30. The standard InChI is InChI=1S/C22H22ClNO5/c1-13-10-16(23)6-8-20(13)28-9-3-4-21(26)29-12-19(25)15-5-7-18-17(11-15)14(2)22(27)24-18/h5-8,10-11,14H,3-4,9,12H2,1-2H3,(H,24,27)/t14-/m1/s1. The van der Waals surface area contributed by atoms with E-state index in [1.54, 1.807) is 37.3 Å². The fraction of sp³-hybridized carbons (Fsp3) is 0.318. The number of rotatable bonds is 8. The number of carbonyl (C=O) groups is 3. The van der Waals surface area contributed by atoms with Crippen LogP contribution in [-0.2, 0) is 14.3 Å². The molecule has 1 aliphatic heterocycles. The SMILES string of the molecule is Cc1cc(Cl)ccc1OCCCC(=O)OCC(=O)c1ccc2c(c1)[C@@H](C)C(=O)N2. The largest absolute Gasteiger partial charge is 0.493 e. The van der Waals surface area contributed by atoms with Gasteiger partial charge in [-0.3, -0.25) is 14.4 Å². The molecule has 0 fully saturated rings. The van der Waals surface area contributed by atoms with E-state index in [0.29, 0.717) is 29.3 Å². The predicted molar refractivity (Wildman–Crippen MR) is 110 cm³/mol. The van der Waals surface area contributed by atoms with Crippen LogP contribution in [0.15, 0.2) is 36.4 Å². The lowest BCUT2D eigenvalue weighted by Gasteiger charge is -2.09. The van der Waals surface area contributed by atoms with E-state index in [1.807, 2.05) is 13.0 Å². The first-order chi connectivity index (χ1) is 13.8. The second-order valence-corrected chi connectivity index (χ2v) is 7.40. The number of ether oxygens (including phenoxy) is 2. The fourth-order valence-corrected chi connectivity index (χ4v) is 3.29. The normalized spacial score (nSPS) is 14.9. The third-order valence-corrected chi connectivity index (χ3v) is 5.01. The van der Waals surface area contributed by atoms with Gasteiger partial charge >= 0.3 is 5.97 Å². The molecular weight excluding hydrogens is 394 g/mol. The number of ketones is 1. The van der Waals surface area contributed by atoms with Gasteiger partial charge in [-0.05, 0) is 67.8 Å². The summed E-state index contributed by atoms with van der Waals surface area (Å²) in [4.78, 5) is 35.9. The van der Waals surface area contributed by atoms with Crippen molar-refractivity contribution in [3.05, 3.63) is 58.1 Å². The van der Waals surface area contributed by atoms with Crippen LogP contribution in [0.2, 0.25) is 5.02 Å². The molecule has 2 aromatic rings. The first-order valence-electron chi connectivity index (χ1n) is 9.37. The maximum Gasteiger partial charge on any atom is 0.306 e. The van der Waals surface area contributed by atoms with Crippen molar-refractivity contribution in [1.82, 2.24) is 0 Å². The summed E-state index contributed by atoms with van der Waals surface area (Å²) in [5.41, 5.74) is 2.83. The minimum atomic E-state index is -0.457. The van der Waals surface area contributed by atoms with Gasteiger partial charge in [0.25, 0.3) is 0 Å². The van der Waals surface area contributed by atoms with Crippen molar-refractivity contribution in [2.24, 2.45) is 0 Å². The first-order valence-corrected chi connectivity index (χ1v) is 9.75. The molecule has 3 rings (SSSR count). The number of carbonyl (C=O) groups excluding carboxylic acids is 3. The van der Waals surface area contributed by atoms with E-state index in [2.05, 4.69) is 5.32 Å². The molecule has 1 heterocycles. The van der Waals surface area contributed by atoms with Crippen molar-refractivity contribution in [1.29, 1.82) is 0 Å². The molecule has 6 nitrogen and oxygen atoms in total. The van der Waals surface area contributed by atoms with Crippen LogP contribution in [0.1, 0.15) is 47.2 Å². The molecule has 2 aromatic carbocycles. The molecule has 0 spiro atoms. The summed E-state index contributed by atoms with van der Waals surface area (Å²) in [7, 11) is 0. The summed E-state index contributed by atoms with van der Waals surface area (Å²) in [6, 6.07) is 10.3. The Morgan fingerprint density at radius 1 is 1.17 bits per heavy atom. The van der Waals surface area contributed by atoms with Gasteiger partial charge in [0.1, 0.15) is 5.75 Å². The van der Waals surface area contributed by atoms with Gasteiger partial charge in [-0.15, -0.1) is 0 Å². The van der Waals surface area contributed by atoms with Gasteiger partial charge in [-0.25, -0.2) is 0 Å². The fourth-order valence-electron chi connectivity index (χ4n) is 3.07. The average molecular weight is 416 g/mol. The Bertz CT molecular complexity index is 956. The molecule has 1 N–H and O–H groups in total. The van der Waals surface area contributed by atoms with Crippen molar-refractivity contribution in [2.45, 2.75) is 32.6 Å². The number of hydrogen-bond acceptors (Lipinski definition) is 5. The smallest absolute Gasteiger partial charge is 0.306 e. The minimum absolute atomic E-state index is 0.0907. The highest BCUT2D eigenvalue weighted by atomic mass is 35.5. The number of halogens is 1. The van der Waals surface area contributed by atoms with E-state index in [-0.39, 0.29) is 30.6 Å². The summed E-state index contributed by atoms with van der Waals surface area (Å²) in [6.45, 7) is 3.70. The van der Waals surface area contributed by atoms with Crippen molar-refractivity contribution >= 4 is 34.9 Å². The van der Waals surface area contributed by atoms with Crippen molar-refractivity contribution in [2.75, 3.05) is 18.5 Å². The Labute approximate surface area is 174 Å². The second-order valence-electron chi connectivity index (χ2n) is 6.96. The van der Waals surface area contributed by atoms with Gasteiger partial charge in [0.05, 0.1) is 12.5 Å². The number of fused-ring (bicyclic) bond motifs is 1. The van der Waals surface area contributed by atoms with Crippen molar-refractivity contribution in [3.63, 3.8) is 0 Å². The van der Waals surface area contributed by atoms with E-state index in [9.17, 15) is 14.4 Å². The third-order valence-electron chi connectivity index (χ3n) is 4.78. The van der Waals surface area contributed by atoms with E-state index in [1.165, 1.54) is 0 Å². The Kier molecular flexibility index (Phi) is 6.54. The molecule has 1 atom stereocenters. The molecule has 1 aliphatic rings. The van der Waals surface area contributed by atoms with Crippen molar-refractivity contribution in [3.8, 4) is 5.75 Å². The lowest BCUT2D eigenvalue weighted by molar-refractivity contribution is -0.142. The summed E-state index contributed by atoms with van der Waals surface area (Å²) in [5, 5.41) is 3.40. The van der Waals surface area contributed by atoms with Crippen LogP contribution in [0.4, 0.5) is 5.69 Å². The van der Waals surface area contributed by atoms with E-state index < -0.39 is 5.97 Å². The van der Waals surface area contributed by atoms with Gasteiger partial charge in [0.15, 0.2) is 12.4 Å². The molecule has 0 radical (unpaired) electrons. The highest BCUT2D eigenvalue weighted by Gasteiger charge is 2.27. The van der Waals surface area contributed by atoms with Crippen LogP contribution >= 0.6 is 11.6 Å². The summed E-state index contributed by atoms with van der Waals surface area (Å²) >= 11 is 5.90. The zero-order chi connectivity index (χ0) is 21.0. The summed E-state index contributed by atoms with van der Waals surface area (Å²) in [5.74, 6) is -0.435. The van der Waals surface area contributed by atoms with E-state index >= 15 is 0 Å². The van der Waals surface area contributed by atoms with Crippen LogP contribution in [0.5, 0.6) is 5.75 Å². The van der Waals surface area contributed by atoms with Crippen molar-refractivity contribution < 1.29 is 23.9 Å². The van der Waals surface area contributed by atoms with Gasteiger partial charge in [0.2, 0.25) is 5.91 Å². The van der Waals surface area contributed by atoms with Crippen LogP contribution in [0.3, 0.4) is 0 Å². The molecule has 152 valence electrons. The number of hydrogen-bond donors (Lipinski definition) is 1. The average Bonchev–Trinajstić information content (AvgIpc) is 2.98. The number of Topliss-reactive ketones (excluding diaryl/α,β-unsaturated/α-hetero) is 1. The number of benzene rings is 2. The summed E-state index contributed by atoms with van der Waals surface area (Å²) < 4.78 is 10.7. The maximum absolute atomic E-state index is 12.3. The monoisotopic (exact) mass is 415 g/mol. The minimum Gasteiger partial charge on any atom is -0.493 e. The number of anilines is 1. The molecule has 1 amide bonds. The lowest BCUT2D eigenvalue weighted by atomic mass is 9.99. The maximum atomic E-state index is 12.3. The highest BCUT2D eigenvalue weighted by Crippen LogP contribution is 2.32. The quantitative estimate of drug-likeness (QED) is 0.395. The Morgan fingerprint density at radius 3 is 2.72 bits per heavy atom. The topological polar surface area (TPSA) is 81.7 Å². The van der Waals surface area contributed by atoms with Gasteiger partial charge in [-0.1, -0.05) is 11.6 Å². The van der Waals surface area contributed by atoms with Gasteiger partial charge < -0.3 is 14.8 Å². The molecule has 7 heteroatoms. The molecular formula is C22H22ClNO5. The summed E-state index contributed by atoms with van der Waals surface area (Å²) in [6.07, 6.45) is 0.624. The molecule has 0 aromatic heterocycles. The Balaban J connectivity index is 1.41. The van der Waals surface area contributed by atoms with Crippen LogP contribution in [-0.4, -0.2) is 30.9 Å². The predicted octanol–water partition coefficient (Wildman–Crippen LogP) is 4.29. The van der Waals surface area contributed by atoms with Crippen LogP contribution in [0.25, 0.3) is 0 Å². The number of esters is 1. The zero-order valence-electron chi connectivity index (χ0n) is 16.3. The zero-order valence-corrected chi connectivity index (χ0v) is 17.0. The molecule has 0 saturated carbocycles. The Hall–Kier alpha value is -2.86. The second kappa shape index (κ2) is 9.09. The molecule has 29 heavy (non-hydrogen) atoms. The van der Waals surface area contributed by atoms with E-state index in [0.717, 1.165) is 16.9 Å². The van der Waals surface area contributed by atoms with Gasteiger partial charge in [0, 0.05) is 22.7 Å². The number of aryl methyl sites for hydroxylation is 1. The molecule has 0 bridgehead atoms. The lowest BCUT2D eigenvalue weighted by Crippen LogP contribution is -2.15. The number of nitrogens with one attached hydrogen (secondary N) is 1.